The summed E-state index contributed by atoms with van der Waals surface area (Å²) < 4.78 is 0. The van der Waals surface area contributed by atoms with Crippen LogP contribution < -0.4 is 4.90 Å². The lowest BCUT2D eigenvalue weighted by atomic mass is 10.1. The first-order chi connectivity index (χ1) is 7.31. The molecular formula is C11H16N2O3. The minimum absolute atomic E-state index is 0.134. The van der Waals surface area contributed by atoms with E-state index in [4.69, 9.17) is 5.11 Å². The summed E-state index contributed by atoms with van der Waals surface area (Å²) in [6.45, 7) is 3.69. The number of aliphatic hydroxyl groups is 1. The van der Waals surface area contributed by atoms with E-state index in [1.807, 2.05) is 0 Å². The molecule has 0 amide bonds. The number of likely N-dealkylation sites (N-methyl/N-ethyl adjacent to an activating group) is 1. The lowest BCUT2D eigenvalue weighted by Gasteiger charge is -2.27. The second-order valence-corrected chi connectivity index (χ2v) is 4.37. The van der Waals surface area contributed by atoms with Crippen LogP contribution in [0, 0.1) is 0 Å². The van der Waals surface area contributed by atoms with Gasteiger partial charge in [-0.15, -0.1) is 0 Å². The fourth-order valence-electron chi connectivity index (χ4n) is 1.55. The molecule has 0 aliphatic heterocycles. The Kier molecular flexibility index (Phi) is 3.49. The zero-order chi connectivity index (χ0) is 12.3. The molecule has 0 aliphatic rings. The van der Waals surface area contributed by atoms with Crippen LogP contribution in [0.2, 0.25) is 0 Å². The van der Waals surface area contributed by atoms with Crippen molar-refractivity contribution >= 4 is 11.7 Å². The zero-order valence-corrected chi connectivity index (χ0v) is 9.64. The molecule has 0 aliphatic carbocycles. The molecule has 0 fully saturated rings. The summed E-state index contributed by atoms with van der Waals surface area (Å²) in [5, 5.41) is 18.7. The number of rotatable bonds is 4. The average Bonchev–Trinajstić information content (AvgIpc) is 2.15. The molecule has 0 aromatic carbocycles. The predicted octanol–water partition coefficient (Wildman–Crippen LogP) is 0.987. The fraction of sp³-hybridized carbons (Fsp3) is 0.455. The Hall–Kier alpha value is -1.62. The van der Waals surface area contributed by atoms with Crippen LogP contribution in [-0.2, 0) is 0 Å². The maximum atomic E-state index is 11.0. The Labute approximate surface area is 94.4 Å². The third-order valence-electron chi connectivity index (χ3n) is 2.06. The molecule has 5 heteroatoms. The first-order valence-corrected chi connectivity index (χ1v) is 4.92. The van der Waals surface area contributed by atoms with E-state index in [9.17, 15) is 9.90 Å². The van der Waals surface area contributed by atoms with Crippen molar-refractivity contribution in [1.29, 1.82) is 0 Å². The average molecular weight is 224 g/mol. The van der Waals surface area contributed by atoms with E-state index in [0.29, 0.717) is 12.2 Å². The molecule has 0 saturated carbocycles. The number of hydrogen-bond acceptors (Lipinski definition) is 4. The van der Waals surface area contributed by atoms with Gasteiger partial charge in [-0.3, -0.25) is 4.98 Å². The van der Waals surface area contributed by atoms with Crippen molar-refractivity contribution in [3.05, 3.63) is 24.0 Å². The first-order valence-electron chi connectivity index (χ1n) is 4.92. The summed E-state index contributed by atoms with van der Waals surface area (Å²) in [5.74, 6) is -1.02. The van der Waals surface area contributed by atoms with Gasteiger partial charge in [0.1, 0.15) is 5.56 Å². The van der Waals surface area contributed by atoms with Crippen LogP contribution >= 0.6 is 0 Å². The van der Waals surface area contributed by atoms with Gasteiger partial charge in [0.25, 0.3) is 0 Å². The van der Waals surface area contributed by atoms with Crippen molar-refractivity contribution < 1.29 is 15.0 Å². The largest absolute Gasteiger partial charge is 0.478 e. The van der Waals surface area contributed by atoms with E-state index in [1.165, 1.54) is 12.4 Å². The predicted molar refractivity (Wildman–Crippen MR) is 60.8 cm³/mol. The van der Waals surface area contributed by atoms with Crippen LogP contribution in [0.4, 0.5) is 5.69 Å². The Balaban J connectivity index is 2.99. The first kappa shape index (κ1) is 12.4. The highest BCUT2D eigenvalue weighted by Gasteiger charge is 2.19. The van der Waals surface area contributed by atoms with Crippen LogP contribution in [0.5, 0.6) is 0 Å². The highest BCUT2D eigenvalue weighted by molar-refractivity contribution is 5.93. The molecule has 1 aromatic rings. The topological polar surface area (TPSA) is 73.7 Å². The summed E-state index contributed by atoms with van der Waals surface area (Å²) >= 11 is 0. The number of carboxylic acids is 1. The maximum absolute atomic E-state index is 11.0. The lowest BCUT2D eigenvalue weighted by molar-refractivity contribution is 0.0694. The Bertz CT molecular complexity index is 385. The van der Waals surface area contributed by atoms with Gasteiger partial charge in [0, 0.05) is 26.0 Å². The third kappa shape index (κ3) is 3.20. The number of anilines is 1. The lowest BCUT2D eigenvalue weighted by Crippen LogP contribution is -2.36. The summed E-state index contributed by atoms with van der Waals surface area (Å²) in [4.78, 5) is 16.4. The quantitative estimate of drug-likeness (QED) is 0.797. The number of nitrogens with zero attached hydrogens (tertiary/aromatic N) is 2. The number of hydrogen-bond donors (Lipinski definition) is 2. The maximum Gasteiger partial charge on any atom is 0.339 e. The van der Waals surface area contributed by atoms with Crippen LogP contribution in [-0.4, -0.2) is 40.4 Å². The number of aromatic nitrogens is 1. The molecule has 0 atom stereocenters. The molecular weight excluding hydrogens is 208 g/mol. The van der Waals surface area contributed by atoms with Gasteiger partial charge in [-0.25, -0.2) is 4.79 Å². The molecule has 2 N–H and O–H groups in total. The van der Waals surface area contributed by atoms with Gasteiger partial charge < -0.3 is 15.1 Å². The highest BCUT2D eigenvalue weighted by atomic mass is 16.4. The molecule has 0 bridgehead atoms. The van der Waals surface area contributed by atoms with Gasteiger partial charge >= 0.3 is 5.97 Å². The Morgan fingerprint density at radius 3 is 2.69 bits per heavy atom. The van der Waals surface area contributed by atoms with Crippen LogP contribution in [0.15, 0.2) is 18.5 Å². The van der Waals surface area contributed by atoms with Crippen molar-refractivity contribution in [2.75, 3.05) is 18.5 Å². The van der Waals surface area contributed by atoms with Gasteiger partial charge in [0.2, 0.25) is 0 Å². The Morgan fingerprint density at radius 2 is 2.19 bits per heavy atom. The van der Waals surface area contributed by atoms with Gasteiger partial charge in [-0.05, 0) is 19.9 Å². The molecule has 0 unspecified atom stereocenters. The highest BCUT2D eigenvalue weighted by Crippen LogP contribution is 2.19. The van der Waals surface area contributed by atoms with E-state index >= 15 is 0 Å². The second-order valence-electron chi connectivity index (χ2n) is 4.37. The molecule has 88 valence electrons. The van der Waals surface area contributed by atoms with E-state index in [2.05, 4.69) is 4.98 Å². The number of pyridine rings is 1. The monoisotopic (exact) mass is 224 g/mol. The molecule has 0 spiro atoms. The molecule has 1 aromatic heterocycles. The van der Waals surface area contributed by atoms with Crippen molar-refractivity contribution in [2.24, 2.45) is 0 Å². The number of carbonyl (C=O) groups is 1. The van der Waals surface area contributed by atoms with Crippen molar-refractivity contribution in [2.45, 2.75) is 19.4 Å². The van der Waals surface area contributed by atoms with Crippen LogP contribution in [0.3, 0.4) is 0 Å². The van der Waals surface area contributed by atoms with Gasteiger partial charge in [-0.1, -0.05) is 0 Å². The van der Waals surface area contributed by atoms with Crippen molar-refractivity contribution in [3.8, 4) is 0 Å². The van der Waals surface area contributed by atoms with E-state index < -0.39 is 11.6 Å². The van der Waals surface area contributed by atoms with Crippen LogP contribution in [0.25, 0.3) is 0 Å². The molecule has 1 rings (SSSR count). The SMILES string of the molecule is CN(CC(C)(C)O)c1ccncc1C(=O)O. The molecule has 16 heavy (non-hydrogen) atoms. The smallest absolute Gasteiger partial charge is 0.339 e. The van der Waals surface area contributed by atoms with E-state index in [1.54, 1.807) is 31.9 Å². The molecule has 0 radical (unpaired) electrons. The van der Waals surface area contributed by atoms with Gasteiger partial charge in [0.05, 0.1) is 11.3 Å². The zero-order valence-electron chi connectivity index (χ0n) is 9.64. The van der Waals surface area contributed by atoms with E-state index in [0.717, 1.165) is 0 Å². The summed E-state index contributed by atoms with van der Waals surface area (Å²) in [7, 11) is 1.74. The molecule has 0 saturated heterocycles. The minimum atomic E-state index is -1.02. The summed E-state index contributed by atoms with van der Waals surface area (Å²) in [5.41, 5.74) is -0.202. The molecule has 1 heterocycles. The van der Waals surface area contributed by atoms with Gasteiger partial charge in [0.15, 0.2) is 0 Å². The van der Waals surface area contributed by atoms with Crippen LogP contribution in [0.1, 0.15) is 24.2 Å². The molecule has 5 nitrogen and oxygen atoms in total. The van der Waals surface area contributed by atoms with E-state index in [-0.39, 0.29) is 5.56 Å². The Morgan fingerprint density at radius 1 is 1.56 bits per heavy atom. The van der Waals surface area contributed by atoms with Crippen molar-refractivity contribution in [3.63, 3.8) is 0 Å². The number of carboxylic acid groups (broad SMARTS) is 1. The fourth-order valence-corrected chi connectivity index (χ4v) is 1.55. The summed E-state index contributed by atoms with van der Waals surface area (Å²) in [6, 6.07) is 1.62. The second kappa shape index (κ2) is 4.49. The third-order valence-corrected chi connectivity index (χ3v) is 2.06. The van der Waals surface area contributed by atoms with Gasteiger partial charge in [-0.2, -0.15) is 0 Å². The van der Waals surface area contributed by atoms with Crippen molar-refractivity contribution in [1.82, 2.24) is 4.98 Å². The minimum Gasteiger partial charge on any atom is -0.478 e. The standard InChI is InChI=1S/C11H16N2O3/c1-11(2,16)7-13(3)9-4-5-12-6-8(9)10(14)15/h4-6,16H,7H2,1-3H3,(H,14,15). The normalized spacial score (nSPS) is 11.2. The number of aromatic carboxylic acids is 1. The summed E-state index contributed by atoms with van der Waals surface area (Å²) in [6.07, 6.45) is 2.83.